The molecule has 0 spiro atoms. The van der Waals surface area contributed by atoms with Crippen LogP contribution in [0.4, 0.5) is 0 Å². The van der Waals surface area contributed by atoms with Crippen LogP contribution in [0.25, 0.3) is 0 Å². The summed E-state index contributed by atoms with van der Waals surface area (Å²) < 4.78 is 0. The van der Waals surface area contributed by atoms with Crippen molar-refractivity contribution in [1.82, 2.24) is 0 Å². The zero-order valence-corrected chi connectivity index (χ0v) is 11.0. The molecule has 0 heterocycles. The maximum absolute atomic E-state index is 4.34. The predicted molar refractivity (Wildman–Crippen MR) is 74.5 cm³/mol. The molecule has 0 aliphatic heterocycles. The Balaban J connectivity index is 2.28. The van der Waals surface area contributed by atoms with E-state index in [-0.39, 0.29) is 0 Å². The van der Waals surface area contributed by atoms with Crippen molar-refractivity contribution in [2.24, 2.45) is 5.92 Å². The van der Waals surface area contributed by atoms with Crippen molar-refractivity contribution in [3.8, 4) is 0 Å². The van der Waals surface area contributed by atoms with Crippen molar-refractivity contribution in [2.45, 2.75) is 13.1 Å². The van der Waals surface area contributed by atoms with Crippen LogP contribution in [0.5, 0.6) is 0 Å². The lowest BCUT2D eigenvalue weighted by molar-refractivity contribution is 1.05. The normalized spacial score (nSPS) is 15.6. The average molecular weight is 226 g/mol. The second-order valence-corrected chi connectivity index (χ2v) is 9.28. The number of hydrogen-bond donors (Lipinski definition) is 0. The minimum Gasteiger partial charge on any atom is -0.102 e. The van der Waals surface area contributed by atoms with Crippen LogP contribution in [0.2, 0.25) is 13.1 Å². The first-order valence-electron chi connectivity index (χ1n) is 5.72. The third-order valence-corrected chi connectivity index (χ3v) is 7.16. The van der Waals surface area contributed by atoms with Gasteiger partial charge in [0.1, 0.15) is 8.07 Å². The molecule has 0 saturated carbocycles. The molecule has 0 atom stereocenters. The van der Waals surface area contributed by atoms with Crippen LogP contribution in [0.15, 0.2) is 66.4 Å². The Morgan fingerprint density at radius 2 is 1.62 bits per heavy atom. The van der Waals surface area contributed by atoms with Gasteiger partial charge in [0.2, 0.25) is 0 Å². The summed E-state index contributed by atoms with van der Waals surface area (Å²) in [6.07, 6.45) is 8.71. The third-order valence-electron chi connectivity index (χ3n) is 3.45. The largest absolute Gasteiger partial charge is 0.107 e. The number of hydrogen-bond acceptors (Lipinski definition) is 0. The van der Waals surface area contributed by atoms with E-state index in [0.29, 0.717) is 5.92 Å². The van der Waals surface area contributed by atoms with Crippen LogP contribution < -0.4 is 5.19 Å². The van der Waals surface area contributed by atoms with Crippen LogP contribution >= 0.6 is 0 Å². The van der Waals surface area contributed by atoms with E-state index in [0.717, 1.165) is 0 Å². The molecule has 2 rings (SSSR count). The Morgan fingerprint density at radius 1 is 1.06 bits per heavy atom. The Morgan fingerprint density at radius 3 is 2.19 bits per heavy atom. The summed E-state index contributed by atoms with van der Waals surface area (Å²) in [5, 5.41) is 2.86. The molecule has 1 aliphatic carbocycles. The highest BCUT2D eigenvalue weighted by Gasteiger charge is 2.30. The molecule has 0 amide bonds. The molecule has 0 aromatic heterocycles. The highest BCUT2D eigenvalue weighted by Crippen LogP contribution is 2.26. The minimum absolute atomic E-state index is 0.446. The van der Waals surface area contributed by atoms with Gasteiger partial charge in [-0.1, -0.05) is 78.1 Å². The van der Waals surface area contributed by atoms with Gasteiger partial charge in [0.05, 0.1) is 0 Å². The fraction of sp³-hybridized carbons (Fsp3) is 0.200. The van der Waals surface area contributed by atoms with Gasteiger partial charge >= 0.3 is 0 Å². The van der Waals surface area contributed by atoms with E-state index in [2.05, 4.69) is 74.3 Å². The second-order valence-electron chi connectivity index (χ2n) is 4.81. The van der Waals surface area contributed by atoms with Gasteiger partial charge in [-0.3, -0.25) is 0 Å². The maximum Gasteiger partial charge on any atom is 0.107 e. The minimum atomic E-state index is -1.54. The average Bonchev–Trinajstić information content (AvgIpc) is 2.82. The van der Waals surface area contributed by atoms with E-state index in [1.165, 1.54) is 10.4 Å². The van der Waals surface area contributed by atoms with Gasteiger partial charge < -0.3 is 0 Å². The molecule has 0 nitrogen and oxygen atoms in total. The third kappa shape index (κ3) is 1.96. The monoisotopic (exact) mass is 226 g/mol. The van der Waals surface area contributed by atoms with Crippen LogP contribution in [-0.2, 0) is 0 Å². The van der Waals surface area contributed by atoms with Crippen molar-refractivity contribution in [2.75, 3.05) is 0 Å². The molecule has 0 saturated heterocycles. The Kier molecular flexibility index (Phi) is 2.97. The summed E-state index contributed by atoms with van der Waals surface area (Å²) in [5.41, 5.74) is 0. The molecule has 1 aromatic rings. The van der Waals surface area contributed by atoms with E-state index in [1.54, 1.807) is 0 Å². The van der Waals surface area contributed by atoms with E-state index in [1.807, 2.05) is 0 Å². The molecule has 16 heavy (non-hydrogen) atoms. The summed E-state index contributed by atoms with van der Waals surface area (Å²) in [4.78, 5) is 0. The van der Waals surface area contributed by atoms with Gasteiger partial charge in [-0.15, -0.1) is 6.58 Å². The van der Waals surface area contributed by atoms with E-state index < -0.39 is 8.07 Å². The van der Waals surface area contributed by atoms with E-state index in [4.69, 9.17) is 0 Å². The summed E-state index contributed by atoms with van der Waals surface area (Å²) in [5.74, 6) is 0.446. The Bertz CT molecular complexity index is 426. The van der Waals surface area contributed by atoms with Gasteiger partial charge in [-0.05, 0) is 0 Å². The van der Waals surface area contributed by atoms with Crippen LogP contribution in [0, 0.1) is 5.92 Å². The summed E-state index contributed by atoms with van der Waals surface area (Å²) in [7, 11) is -1.54. The molecule has 1 aliphatic rings. The number of allylic oxidation sites excluding steroid dienone is 5. The Labute approximate surface area is 99.0 Å². The molecule has 82 valence electrons. The van der Waals surface area contributed by atoms with Crippen molar-refractivity contribution in [3.63, 3.8) is 0 Å². The van der Waals surface area contributed by atoms with Gasteiger partial charge in [0.15, 0.2) is 0 Å². The van der Waals surface area contributed by atoms with Crippen LogP contribution in [-0.4, -0.2) is 8.07 Å². The molecular formula is C15H18Si. The molecule has 0 N–H and O–H groups in total. The predicted octanol–water partition coefficient (Wildman–Crippen LogP) is 3.44. The highest BCUT2D eigenvalue weighted by atomic mass is 28.3. The fourth-order valence-electron chi connectivity index (χ4n) is 2.12. The first-order chi connectivity index (χ1) is 7.62. The summed E-state index contributed by atoms with van der Waals surface area (Å²) >= 11 is 0. The summed E-state index contributed by atoms with van der Waals surface area (Å²) in [6, 6.07) is 10.8. The molecule has 0 radical (unpaired) electrons. The molecule has 0 bridgehead atoms. The first-order valence-corrected chi connectivity index (χ1v) is 8.72. The van der Waals surface area contributed by atoms with Crippen molar-refractivity contribution in [1.29, 1.82) is 0 Å². The lowest BCUT2D eigenvalue weighted by atomic mass is 10.2. The first kappa shape index (κ1) is 11.2. The molecule has 1 heteroatoms. The van der Waals surface area contributed by atoms with Gasteiger partial charge in [0.25, 0.3) is 0 Å². The zero-order chi connectivity index (χ0) is 11.6. The van der Waals surface area contributed by atoms with Crippen molar-refractivity contribution in [3.05, 3.63) is 66.4 Å². The second kappa shape index (κ2) is 4.26. The zero-order valence-electron chi connectivity index (χ0n) is 9.98. The van der Waals surface area contributed by atoms with Gasteiger partial charge in [-0.25, -0.2) is 0 Å². The quantitative estimate of drug-likeness (QED) is 0.693. The molecule has 0 unspecified atom stereocenters. The summed E-state index contributed by atoms with van der Waals surface area (Å²) in [6.45, 7) is 9.10. The highest BCUT2D eigenvalue weighted by molar-refractivity contribution is 6.95. The smallest absolute Gasteiger partial charge is 0.102 e. The topological polar surface area (TPSA) is 0 Å². The maximum atomic E-state index is 4.34. The standard InChI is InChI=1S/C15H18Si/c1-13(14-9-7-8-10-14)16(2,3)15-11-5-4-6-12-15/h4-12,14H,1H2,2-3H3. The van der Waals surface area contributed by atoms with Crippen molar-refractivity contribution < 1.29 is 0 Å². The van der Waals surface area contributed by atoms with Crippen LogP contribution in [0.1, 0.15) is 0 Å². The lowest BCUT2D eigenvalue weighted by Crippen LogP contribution is -2.45. The molecule has 0 fully saturated rings. The number of rotatable bonds is 3. The van der Waals surface area contributed by atoms with E-state index in [9.17, 15) is 0 Å². The van der Waals surface area contributed by atoms with Gasteiger partial charge in [-0.2, -0.15) is 0 Å². The fourth-order valence-corrected chi connectivity index (χ4v) is 4.54. The van der Waals surface area contributed by atoms with Gasteiger partial charge in [0, 0.05) is 5.92 Å². The van der Waals surface area contributed by atoms with E-state index >= 15 is 0 Å². The molecule has 1 aromatic carbocycles. The lowest BCUT2D eigenvalue weighted by Gasteiger charge is -2.28. The SMILES string of the molecule is C=C(C1C=CC=C1)[Si](C)(C)c1ccccc1. The number of benzene rings is 1. The van der Waals surface area contributed by atoms with Crippen LogP contribution in [0.3, 0.4) is 0 Å². The Hall–Kier alpha value is -1.34. The molecular weight excluding hydrogens is 208 g/mol. The van der Waals surface area contributed by atoms with Crippen molar-refractivity contribution >= 4 is 13.3 Å².